The lowest BCUT2D eigenvalue weighted by Gasteiger charge is -2.30. The highest BCUT2D eigenvalue weighted by Crippen LogP contribution is 2.18. The maximum atomic E-state index is 13.0. The number of rotatable bonds is 7. The highest BCUT2D eigenvalue weighted by molar-refractivity contribution is 9.10. The van der Waals surface area contributed by atoms with E-state index in [1.807, 2.05) is 0 Å². The molecule has 2 aromatic rings. The van der Waals surface area contributed by atoms with Crippen LogP contribution in [0.3, 0.4) is 0 Å². The fourth-order valence-electron chi connectivity index (χ4n) is 3.26. The van der Waals surface area contributed by atoms with E-state index in [1.165, 1.54) is 4.90 Å². The van der Waals surface area contributed by atoms with Crippen molar-refractivity contribution in [1.82, 2.24) is 10.2 Å². The van der Waals surface area contributed by atoms with Crippen molar-refractivity contribution in [1.29, 1.82) is 0 Å². The van der Waals surface area contributed by atoms with Crippen LogP contribution in [0.5, 0.6) is 0 Å². The number of nitrogens with one attached hydrogen (secondary N) is 1. The summed E-state index contributed by atoms with van der Waals surface area (Å²) in [6, 6.07) is 13.9. The Hall–Kier alpha value is -3.15. The lowest BCUT2D eigenvalue weighted by molar-refractivity contribution is -0.135. The van der Waals surface area contributed by atoms with Gasteiger partial charge in [0.15, 0.2) is 0 Å². The van der Waals surface area contributed by atoms with Crippen molar-refractivity contribution in [2.24, 2.45) is 0 Å². The van der Waals surface area contributed by atoms with E-state index in [9.17, 15) is 14.4 Å². The van der Waals surface area contributed by atoms with Crippen molar-refractivity contribution < 1.29 is 19.1 Å². The second-order valence-electron chi connectivity index (χ2n) is 7.18. The van der Waals surface area contributed by atoms with Crippen LogP contribution >= 0.6 is 15.9 Å². The molecule has 0 spiro atoms. The van der Waals surface area contributed by atoms with E-state index in [-0.39, 0.29) is 37.2 Å². The minimum absolute atomic E-state index is 0.0406. The summed E-state index contributed by atoms with van der Waals surface area (Å²) in [5, 5.41) is 2.75. The Balaban J connectivity index is 1.66. The second-order valence-corrected chi connectivity index (χ2v) is 8.10. The summed E-state index contributed by atoms with van der Waals surface area (Å²) in [4.78, 5) is 41.2. The van der Waals surface area contributed by atoms with Gasteiger partial charge in [0.25, 0.3) is 5.91 Å². The van der Waals surface area contributed by atoms with E-state index in [0.29, 0.717) is 43.1 Å². The van der Waals surface area contributed by atoms with E-state index < -0.39 is 0 Å². The van der Waals surface area contributed by atoms with Crippen LogP contribution in [0.1, 0.15) is 22.3 Å². The number of hydrogen-bond acceptors (Lipinski definition) is 4. The molecule has 0 unspecified atom stereocenters. The summed E-state index contributed by atoms with van der Waals surface area (Å²) in [5.41, 5.74) is 1.66. The fourth-order valence-corrected chi connectivity index (χ4v) is 3.52. The molecular formula is C24H24BrN3O4. The summed E-state index contributed by atoms with van der Waals surface area (Å²) in [6.45, 7) is 1.99. The summed E-state index contributed by atoms with van der Waals surface area (Å²) in [7, 11) is 0. The Morgan fingerprint density at radius 3 is 2.53 bits per heavy atom. The van der Waals surface area contributed by atoms with Gasteiger partial charge in [-0.1, -0.05) is 27.9 Å². The van der Waals surface area contributed by atoms with Gasteiger partial charge in [0, 0.05) is 47.3 Å². The number of hydrogen-bond donors (Lipinski definition) is 1. The summed E-state index contributed by atoms with van der Waals surface area (Å²) < 4.78 is 6.17. The van der Waals surface area contributed by atoms with Gasteiger partial charge in [-0.25, -0.2) is 0 Å². The SMILES string of the molecule is C#Cc1cccc(N(CC(=O)N2CCOCC2)C(=O)CCNC(=O)c2ccc(Br)cc2)c1. The average Bonchev–Trinajstić information content (AvgIpc) is 2.83. The summed E-state index contributed by atoms with van der Waals surface area (Å²) >= 11 is 3.33. The Bertz CT molecular complexity index is 1010. The monoisotopic (exact) mass is 497 g/mol. The van der Waals surface area contributed by atoms with E-state index in [4.69, 9.17) is 11.2 Å². The Morgan fingerprint density at radius 2 is 1.84 bits per heavy atom. The van der Waals surface area contributed by atoms with Crippen molar-refractivity contribution in [2.45, 2.75) is 6.42 Å². The van der Waals surface area contributed by atoms with Gasteiger partial charge in [-0.05, 0) is 42.5 Å². The first kappa shape index (κ1) is 23.5. The Morgan fingerprint density at radius 1 is 1.12 bits per heavy atom. The van der Waals surface area contributed by atoms with E-state index >= 15 is 0 Å². The first-order valence-corrected chi connectivity index (χ1v) is 11.0. The number of terminal acetylenes is 1. The predicted octanol–water partition coefficient (Wildman–Crippen LogP) is 2.44. The number of amides is 3. The molecule has 1 N–H and O–H groups in total. The zero-order chi connectivity index (χ0) is 22.9. The van der Waals surface area contributed by atoms with Gasteiger partial charge in [0.2, 0.25) is 11.8 Å². The third-order valence-corrected chi connectivity index (χ3v) is 5.54. The van der Waals surface area contributed by atoms with Crippen molar-refractivity contribution in [2.75, 3.05) is 44.3 Å². The van der Waals surface area contributed by atoms with Gasteiger partial charge < -0.3 is 19.9 Å². The molecule has 0 atom stereocenters. The van der Waals surface area contributed by atoms with Crippen LogP contribution in [0.25, 0.3) is 0 Å². The molecule has 0 aliphatic carbocycles. The quantitative estimate of drug-likeness (QED) is 0.595. The molecule has 3 amide bonds. The lowest BCUT2D eigenvalue weighted by Crippen LogP contribution is -2.47. The molecule has 1 fully saturated rings. The number of carbonyl (C=O) groups excluding carboxylic acids is 3. The van der Waals surface area contributed by atoms with Gasteiger partial charge >= 0.3 is 0 Å². The standard InChI is InChI=1S/C24H24BrN3O4/c1-2-18-4-3-5-21(16-18)28(17-23(30)27-12-14-32-15-13-27)22(29)10-11-26-24(31)19-6-8-20(25)9-7-19/h1,3-9,16H,10-15,17H2,(H,26,31). The van der Waals surface area contributed by atoms with E-state index in [1.54, 1.807) is 53.4 Å². The second kappa shape index (κ2) is 11.5. The lowest BCUT2D eigenvalue weighted by atomic mass is 10.1. The smallest absolute Gasteiger partial charge is 0.251 e. The van der Waals surface area contributed by atoms with Crippen LogP contribution < -0.4 is 10.2 Å². The zero-order valence-electron chi connectivity index (χ0n) is 17.6. The first-order valence-electron chi connectivity index (χ1n) is 10.2. The van der Waals surface area contributed by atoms with Gasteiger partial charge in [-0.15, -0.1) is 6.42 Å². The molecule has 1 aliphatic heterocycles. The Labute approximate surface area is 195 Å². The molecule has 0 saturated carbocycles. The molecule has 0 aromatic heterocycles. The van der Waals surface area contributed by atoms with Gasteiger partial charge in [-0.3, -0.25) is 14.4 Å². The van der Waals surface area contributed by atoms with E-state index in [0.717, 1.165) is 4.47 Å². The first-order chi connectivity index (χ1) is 15.5. The molecule has 8 heteroatoms. The molecule has 0 bridgehead atoms. The molecule has 1 heterocycles. The molecule has 2 aromatic carbocycles. The molecule has 1 aliphatic rings. The third kappa shape index (κ3) is 6.42. The molecule has 0 radical (unpaired) electrons. The van der Waals surface area contributed by atoms with Crippen molar-refractivity contribution >= 4 is 39.3 Å². The molecule has 32 heavy (non-hydrogen) atoms. The fraction of sp³-hybridized carbons (Fsp3) is 0.292. The van der Waals surface area contributed by atoms with E-state index in [2.05, 4.69) is 27.2 Å². The molecule has 3 rings (SSSR count). The van der Waals surface area contributed by atoms with Crippen LogP contribution in [0.4, 0.5) is 5.69 Å². The number of benzene rings is 2. The maximum Gasteiger partial charge on any atom is 0.251 e. The van der Waals surface area contributed by atoms with Crippen molar-refractivity contribution in [3.05, 3.63) is 64.1 Å². The number of nitrogens with zero attached hydrogens (tertiary/aromatic N) is 2. The molecular weight excluding hydrogens is 474 g/mol. The molecule has 7 nitrogen and oxygen atoms in total. The third-order valence-electron chi connectivity index (χ3n) is 5.01. The molecule has 166 valence electrons. The number of carbonyl (C=O) groups is 3. The highest BCUT2D eigenvalue weighted by Gasteiger charge is 2.24. The zero-order valence-corrected chi connectivity index (χ0v) is 19.1. The topological polar surface area (TPSA) is 79.0 Å². The largest absolute Gasteiger partial charge is 0.378 e. The number of morpholine rings is 1. The van der Waals surface area contributed by atoms with Crippen LogP contribution in [0.15, 0.2) is 53.0 Å². The number of halogens is 1. The van der Waals surface area contributed by atoms with Crippen LogP contribution in [0.2, 0.25) is 0 Å². The normalized spacial score (nSPS) is 13.2. The van der Waals surface area contributed by atoms with Gasteiger partial charge in [-0.2, -0.15) is 0 Å². The summed E-state index contributed by atoms with van der Waals surface area (Å²) in [5.74, 6) is 1.84. The Kier molecular flexibility index (Phi) is 8.42. The number of ether oxygens (including phenoxy) is 1. The minimum atomic E-state index is -0.281. The van der Waals surface area contributed by atoms with Crippen LogP contribution in [-0.2, 0) is 14.3 Å². The van der Waals surface area contributed by atoms with Crippen molar-refractivity contribution in [3.8, 4) is 12.3 Å². The van der Waals surface area contributed by atoms with Crippen LogP contribution in [-0.4, -0.2) is 62.0 Å². The van der Waals surface area contributed by atoms with Crippen LogP contribution in [0, 0.1) is 12.3 Å². The predicted molar refractivity (Wildman–Crippen MR) is 125 cm³/mol. The van der Waals surface area contributed by atoms with Gasteiger partial charge in [0.05, 0.1) is 13.2 Å². The minimum Gasteiger partial charge on any atom is -0.378 e. The number of anilines is 1. The van der Waals surface area contributed by atoms with Crippen molar-refractivity contribution in [3.63, 3.8) is 0 Å². The highest BCUT2D eigenvalue weighted by atomic mass is 79.9. The average molecular weight is 498 g/mol. The maximum absolute atomic E-state index is 13.0. The molecule has 1 saturated heterocycles. The summed E-state index contributed by atoms with van der Waals surface area (Å²) in [6.07, 6.45) is 5.54. The van der Waals surface area contributed by atoms with Gasteiger partial charge in [0.1, 0.15) is 6.54 Å².